The number of rotatable bonds is 5. The lowest BCUT2D eigenvalue weighted by Gasteiger charge is -2.15. The lowest BCUT2D eigenvalue weighted by Crippen LogP contribution is -2.32. The molecule has 5 nitrogen and oxygen atoms in total. The second kappa shape index (κ2) is 5.54. The van der Waals surface area contributed by atoms with E-state index in [-0.39, 0.29) is 6.42 Å². The second-order valence-corrected chi connectivity index (χ2v) is 3.77. The number of hydrogen-bond acceptors (Lipinski definition) is 4. The number of carboxylic acid groups (broad SMARTS) is 1. The first-order valence-corrected chi connectivity index (χ1v) is 5.19. The van der Waals surface area contributed by atoms with Gasteiger partial charge in [0, 0.05) is 12.5 Å². The quantitative estimate of drug-likeness (QED) is 0.800. The summed E-state index contributed by atoms with van der Waals surface area (Å²) in [5.74, 6) is 0.243. The van der Waals surface area contributed by atoms with Gasteiger partial charge in [-0.05, 0) is 24.1 Å². The predicted octanol–water partition coefficient (Wildman–Crippen LogP) is 0.967. The maximum Gasteiger partial charge on any atom is 0.320 e. The van der Waals surface area contributed by atoms with Gasteiger partial charge in [-0.15, -0.1) is 0 Å². The van der Waals surface area contributed by atoms with Crippen molar-refractivity contribution in [3.05, 3.63) is 23.3 Å². The van der Waals surface area contributed by atoms with Gasteiger partial charge in [0.15, 0.2) is 0 Å². The van der Waals surface area contributed by atoms with Crippen molar-refractivity contribution in [1.82, 2.24) is 0 Å². The number of ether oxygens (including phenoxy) is 2. The largest absolute Gasteiger partial charge is 0.497 e. The van der Waals surface area contributed by atoms with Gasteiger partial charge in [0.05, 0.1) is 14.2 Å². The second-order valence-electron chi connectivity index (χ2n) is 3.77. The van der Waals surface area contributed by atoms with Crippen LogP contribution in [0.5, 0.6) is 11.5 Å². The average Bonchev–Trinajstić information content (AvgIpc) is 2.30. The Morgan fingerprint density at radius 1 is 1.41 bits per heavy atom. The Labute approximate surface area is 100 Å². The fourth-order valence-electron chi connectivity index (χ4n) is 1.62. The smallest absolute Gasteiger partial charge is 0.320 e. The monoisotopic (exact) mass is 239 g/mol. The molecule has 0 bridgehead atoms. The highest BCUT2D eigenvalue weighted by Crippen LogP contribution is 2.29. The van der Waals surface area contributed by atoms with E-state index in [1.165, 1.54) is 7.11 Å². The van der Waals surface area contributed by atoms with E-state index in [9.17, 15) is 4.79 Å². The molecule has 17 heavy (non-hydrogen) atoms. The van der Waals surface area contributed by atoms with E-state index >= 15 is 0 Å². The number of benzene rings is 1. The van der Waals surface area contributed by atoms with Crippen molar-refractivity contribution in [2.24, 2.45) is 5.73 Å². The average molecular weight is 239 g/mol. The molecule has 94 valence electrons. The molecule has 0 radical (unpaired) electrons. The van der Waals surface area contributed by atoms with Crippen molar-refractivity contribution in [2.75, 3.05) is 14.2 Å². The summed E-state index contributed by atoms with van der Waals surface area (Å²) in [6.45, 7) is 1.87. The minimum atomic E-state index is -1.03. The molecule has 0 aliphatic rings. The molecule has 0 amide bonds. The van der Waals surface area contributed by atoms with E-state index in [0.29, 0.717) is 11.5 Å². The molecule has 0 aliphatic heterocycles. The van der Waals surface area contributed by atoms with E-state index < -0.39 is 12.0 Å². The molecule has 0 saturated heterocycles. The van der Waals surface area contributed by atoms with Crippen LogP contribution < -0.4 is 15.2 Å². The Morgan fingerprint density at radius 3 is 2.53 bits per heavy atom. The molecule has 5 heteroatoms. The molecule has 0 saturated carbocycles. The van der Waals surface area contributed by atoms with E-state index in [4.69, 9.17) is 20.3 Å². The predicted molar refractivity (Wildman–Crippen MR) is 63.6 cm³/mol. The Hall–Kier alpha value is -1.75. The molecule has 1 rings (SSSR count). The van der Waals surface area contributed by atoms with E-state index in [2.05, 4.69) is 0 Å². The molecule has 1 aromatic carbocycles. The summed E-state index contributed by atoms with van der Waals surface area (Å²) in [6.07, 6.45) is 0.230. The van der Waals surface area contributed by atoms with Crippen molar-refractivity contribution in [3.8, 4) is 11.5 Å². The van der Waals surface area contributed by atoms with Crippen LogP contribution in [0.2, 0.25) is 0 Å². The first-order valence-electron chi connectivity index (χ1n) is 5.19. The molecule has 0 heterocycles. The van der Waals surface area contributed by atoms with Gasteiger partial charge in [-0.1, -0.05) is 0 Å². The Balaban J connectivity index is 3.09. The molecule has 0 aliphatic carbocycles. The summed E-state index contributed by atoms with van der Waals surface area (Å²) in [7, 11) is 3.10. The number of nitrogens with two attached hydrogens (primary N) is 1. The van der Waals surface area contributed by atoms with Gasteiger partial charge in [-0.3, -0.25) is 4.79 Å². The molecule has 0 aromatic heterocycles. The zero-order chi connectivity index (χ0) is 13.0. The van der Waals surface area contributed by atoms with Crippen LogP contribution in [0, 0.1) is 6.92 Å². The van der Waals surface area contributed by atoms with Gasteiger partial charge in [0.25, 0.3) is 0 Å². The molecule has 3 N–H and O–H groups in total. The molecular formula is C12H17NO4. The SMILES string of the molecule is COc1cc(C)c(CC(N)C(=O)O)c(OC)c1. The molecule has 1 atom stereocenters. The lowest BCUT2D eigenvalue weighted by molar-refractivity contribution is -0.138. The summed E-state index contributed by atoms with van der Waals surface area (Å²) >= 11 is 0. The number of aryl methyl sites for hydroxylation is 1. The van der Waals surface area contributed by atoms with Gasteiger partial charge in [0.1, 0.15) is 17.5 Å². The topological polar surface area (TPSA) is 81.8 Å². The summed E-state index contributed by atoms with van der Waals surface area (Å²) < 4.78 is 10.3. The van der Waals surface area contributed by atoms with E-state index in [1.807, 2.05) is 13.0 Å². The van der Waals surface area contributed by atoms with Gasteiger partial charge < -0.3 is 20.3 Å². The van der Waals surface area contributed by atoms with E-state index in [1.54, 1.807) is 13.2 Å². The molecule has 0 spiro atoms. The van der Waals surface area contributed by atoms with Gasteiger partial charge in [0.2, 0.25) is 0 Å². The molecular weight excluding hydrogens is 222 g/mol. The fourth-order valence-corrected chi connectivity index (χ4v) is 1.62. The van der Waals surface area contributed by atoms with Crippen LogP contribution in [-0.2, 0) is 11.2 Å². The van der Waals surface area contributed by atoms with Crippen LogP contribution in [0.4, 0.5) is 0 Å². The normalized spacial score (nSPS) is 12.0. The van der Waals surface area contributed by atoms with Crippen LogP contribution in [-0.4, -0.2) is 31.3 Å². The highest BCUT2D eigenvalue weighted by atomic mass is 16.5. The van der Waals surface area contributed by atoms with Crippen LogP contribution in [0.3, 0.4) is 0 Å². The van der Waals surface area contributed by atoms with E-state index in [0.717, 1.165) is 11.1 Å². The van der Waals surface area contributed by atoms with Crippen molar-refractivity contribution < 1.29 is 19.4 Å². The van der Waals surface area contributed by atoms with Gasteiger partial charge >= 0.3 is 5.97 Å². The summed E-state index contributed by atoms with van der Waals surface area (Å²) in [5.41, 5.74) is 7.22. The molecule has 0 fully saturated rings. The molecule has 1 aromatic rings. The van der Waals surface area contributed by atoms with Crippen LogP contribution >= 0.6 is 0 Å². The van der Waals surface area contributed by atoms with Crippen LogP contribution in [0.25, 0.3) is 0 Å². The zero-order valence-electron chi connectivity index (χ0n) is 10.2. The Morgan fingerprint density at radius 2 is 2.06 bits per heavy atom. The van der Waals surface area contributed by atoms with Gasteiger partial charge in [-0.2, -0.15) is 0 Å². The summed E-state index contributed by atoms with van der Waals surface area (Å²) in [4.78, 5) is 10.7. The summed E-state index contributed by atoms with van der Waals surface area (Å²) in [5, 5.41) is 8.81. The highest BCUT2D eigenvalue weighted by molar-refractivity contribution is 5.74. The van der Waals surface area contributed by atoms with Crippen LogP contribution in [0.15, 0.2) is 12.1 Å². The Bertz CT molecular complexity index is 417. The maximum atomic E-state index is 10.7. The third-order valence-electron chi connectivity index (χ3n) is 2.60. The summed E-state index contributed by atoms with van der Waals surface area (Å²) in [6, 6.07) is 2.61. The number of hydrogen-bond donors (Lipinski definition) is 2. The van der Waals surface area contributed by atoms with Crippen molar-refractivity contribution in [2.45, 2.75) is 19.4 Å². The minimum Gasteiger partial charge on any atom is -0.497 e. The van der Waals surface area contributed by atoms with Crippen molar-refractivity contribution in [3.63, 3.8) is 0 Å². The lowest BCUT2D eigenvalue weighted by atomic mass is 10.00. The first-order chi connectivity index (χ1) is 7.99. The first kappa shape index (κ1) is 13.3. The third-order valence-corrected chi connectivity index (χ3v) is 2.60. The number of carboxylic acids is 1. The number of aliphatic carboxylic acids is 1. The van der Waals surface area contributed by atoms with Crippen LogP contribution in [0.1, 0.15) is 11.1 Å². The van der Waals surface area contributed by atoms with Gasteiger partial charge in [-0.25, -0.2) is 0 Å². The number of carbonyl (C=O) groups is 1. The molecule has 1 unspecified atom stereocenters. The number of methoxy groups -OCH3 is 2. The minimum absolute atomic E-state index is 0.230. The van der Waals surface area contributed by atoms with Crippen molar-refractivity contribution in [1.29, 1.82) is 0 Å². The fraction of sp³-hybridized carbons (Fsp3) is 0.417. The highest BCUT2D eigenvalue weighted by Gasteiger charge is 2.17. The van der Waals surface area contributed by atoms with Crippen molar-refractivity contribution >= 4 is 5.97 Å². The third kappa shape index (κ3) is 3.10. The Kier molecular flexibility index (Phi) is 4.34. The zero-order valence-corrected chi connectivity index (χ0v) is 10.2. The standard InChI is InChI=1S/C12H17NO4/c1-7-4-8(16-2)5-11(17-3)9(7)6-10(13)12(14)15/h4-5,10H,6,13H2,1-3H3,(H,14,15). The maximum absolute atomic E-state index is 10.7.